The van der Waals surface area contributed by atoms with Crippen LogP contribution in [0.25, 0.3) is 11.3 Å². The zero-order chi connectivity index (χ0) is 25.5. The number of benzene rings is 1. The quantitative estimate of drug-likeness (QED) is 0.422. The van der Waals surface area contributed by atoms with Crippen molar-refractivity contribution in [1.82, 2.24) is 14.9 Å². The first kappa shape index (κ1) is 25.7. The Labute approximate surface area is 215 Å². The second kappa shape index (κ2) is 12.1. The fourth-order valence-corrected chi connectivity index (χ4v) is 4.34. The molecule has 36 heavy (non-hydrogen) atoms. The molecule has 2 heterocycles. The van der Waals surface area contributed by atoms with Gasteiger partial charge >= 0.3 is 0 Å². The molecule has 0 spiro atoms. The fourth-order valence-electron chi connectivity index (χ4n) is 4.14. The summed E-state index contributed by atoms with van der Waals surface area (Å²) in [7, 11) is 3.73. The molecule has 1 aromatic carbocycles. The molecular formula is C27H30ClFN6O. The number of hydrogen-bond acceptors (Lipinski definition) is 6. The van der Waals surface area contributed by atoms with Gasteiger partial charge in [-0.25, -0.2) is 19.4 Å². The van der Waals surface area contributed by atoms with Crippen molar-refractivity contribution in [1.29, 1.82) is 0 Å². The van der Waals surface area contributed by atoms with Crippen molar-refractivity contribution in [3.63, 3.8) is 0 Å². The Balaban J connectivity index is 1.39. The van der Waals surface area contributed by atoms with Crippen LogP contribution in [0.15, 0.2) is 59.7 Å². The standard InChI is InChI=1S/C27H30ClFN6O/c1-35(2)17-27(36)33-21-11-9-20(10-12-21)32-26-14-22(23(28)16-31-26)24-7-4-8-25(34-24)30-15-18-5-3-6-19(29)13-18/h3-8,13-14,16,20H,9-12,15,17H2,1-2H3,(H,30,34)(H,31,32). The Morgan fingerprint density at radius 3 is 2.67 bits per heavy atom. The smallest absolute Gasteiger partial charge is 0.259 e. The minimum Gasteiger partial charge on any atom is -0.367 e. The largest absolute Gasteiger partial charge is 0.367 e. The van der Waals surface area contributed by atoms with Crippen molar-refractivity contribution in [3.8, 4) is 11.3 Å². The van der Waals surface area contributed by atoms with Crippen molar-refractivity contribution < 1.29 is 9.18 Å². The number of amides is 1. The van der Waals surface area contributed by atoms with Crippen molar-refractivity contribution >= 4 is 34.9 Å². The van der Waals surface area contributed by atoms with Gasteiger partial charge in [0.15, 0.2) is 0 Å². The van der Waals surface area contributed by atoms with Gasteiger partial charge in [-0.05, 0) is 75.7 Å². The molecule has 0 aliphatic heterocycles. The average molecular weight is 509 g/mol. The third-order valence-corrected chi connectivity index (χ3v) is 6.19. The van der Waals surface area contributed by atoms with E-state index in [0.717, 1.165) is 48.3 Å². The summed E-state index contributed by atoms with van der Waals surface area (Å²) in [6.07, 6.45) is 4.97. The second-order valence-corrected chi connectivity index (χ2v) is 9.58. The molecule has 1 fully saturated rings. The number of anilines is 2. The summed E-state index contributed by atoms with van der Waals surface area (Å²) in [5, 5.41) is 7.24. The molecule has 9 heteroatoms. The number of pyridine rings is 2. The maximum atomic E-state index is 13.4. The van der Waals surface area contributed by atoms with Gasteiger partial charge in [0, 0.05) is 30.1 Å². The molecule has 0 saturated heterocycles. The Hall–Kier alpha value is -3.36. The van der Waals surface area contributed by atoms with Crippen LogP contribution >= 0.6 is 11.6 Å². The third-order valence-electron chi connectivity index (χ3n) is 5.89. The third kappa shape index (κ3) is 7.32. The van der Waals surface area contributed by atoms with Crippen molar-refractivity contribution in [3.05, 3.63) is 71.1 Å². The molecule has 0 bridgehead atoms. The summed E-state index contributed by atoms with van der Waals surface area (Å²) in [6.45, 7) is 0.789. The fraction of sp³-hybridized carbons (Fsp3) is 0.333. The molecule has 7 nitrogen and oxygen atoms in total. The molecule has 3 aromatic rings. The van der Waals surface area contributed by atoms with Gasteiger partial charge in [0.2, 0.25) is 0 Å². The first-order valence-corrected chi connectivity index (χ1v) is 12.4. The first-order chi connectivity index (χ1) is 17.4. The number of carbonyl (C=O) groups is 1. The Bertz CT molecular complexity index is 1240. The second-order valence-electron chi connectivity index (χ2n) is 9.17. The van der Waals surface area contributed by atoms with E-state index < -0.39 is 0 Å². The SMILES string of the molecule is CN(C)CC(=O)N=C1CCC(Nc2cc(-c3cccc(NCc4cccc(F)c4)n3)c(Cl)cn2)CC1. The van der Waals surface area contributed by atoms with E-state index in [1.165, 1.54) is 12.1 Å². The van der Waals surface area contributed by atoms with Crippen LogP contribution in [0.4, 0.5) is 16.0 Å². The predicted octanol–water partition coefficient (Wildman–Crippen LogP) is 5.43. The van der Waals surface area contributed by atoms with Crippen molar-refractivity contribution in [2.75, 3.05) is 31.3 Å². The Morgan fingerprint density at radius 1 is 1.14 bits per heavy atom. The van der Waals surface area contributed by atoms with Gasteiger partial charge in [0.1, 0.15) is 17.5 Å². The van der Waals surface area contributed by atoms with E-state index in [4.69, 9.17) is 16.6 Å². The summed E-state index contributed by atoms with van der Waals surface area (Å²) in [6, 6.07) is 14.3. The summed E-state index contributed by atoms with van der Waals surface area (Å²) in [5.41, 5.74) is 3.29. The molecule has 1 amide bonds. The van der Waals surface area contributed by atoms with Crippen LogP contribution in [0.2, 0.25) is 5.02 Å². The van der Waals surface area contributed by atoms with Gasteiger partial charge in [-0.15, -0.1) is 0 Å². The number of likely N-dealkylation sites (N-methyl/N-ethyl adjacent to an activating group) is 1. The Kier molecular flexibility index (Phi) is 8.61. The summed E-state index contributed by atoms with van der Waals surface area (Å²) in [5.74, 6) is 1.04. The maximum absolute atomic E-state index is 13.4. The lowest BCUT2D eigenvalue weighted by Crippen LogP contribution is -2.28. The van der Waals surface area contributed by atoms with Crippen molar-refractivity contribution in [2.24, 2.45) is 4.99 Å². The molecule has 0 radical (unpaired) electrons. The lowest BCUT2D eigenvalue weighted by molar-refractivity contribution is -0.118. The summed E-state index contributed by atoms with van der Waals surface area (Å²) >= 11 is 6.48. The summed E-state index contributed by atoms with van der Waals surface area (Å²) in [4.78, 5) is 27.2. The zero-order valence-corrected chi connectivity index (χ0v) is 21.2. The minimum atomic E-state index is -0.265. The highest BCUT2D eigenvalue weighted by Crippen LogP contribution is 2.30. The molecule has 2 N–H and O–H groups in total. The molecular weight excluding hydrogens is 479 g/mol. The van der Waals surface area contributed by atoms with Crippen LogP contribution in [0.3, 0.4) is 0 Å². The highest BCUT2D eigenvalue weighted by molar-refractivity contribution is 6.33. The molecule has 1 aliphatic carbocycles. The van der Waals surface area contributed by atoms with Gasteiger partial charge in [-0.3, -0.25) is 4.79 Å². The lowest BCUT2D eigenvalue weighted by Gasteiger charge is -2.25. The maximum Gasteiger partial charge on any atom is 0.259 e. The van der Waals surface area contributed by atoms with Crippen LogP contribution in [-0.4, -0.2) is 53.2 Å². The average Bonchev–Trinajstić information content (AvgIpc) is 2.85. The van der Waals surface area contributed by atoms with Gasteiger partial charge in [0.05, 0.1) is 17.3 Å². The number of carbonyl (C=O) groups excluding carboxylic acids is 1. The molecule has 2 aromatic heterocycles. The highest BCUT2D eigenvalue weighted by atomic mass is 35.5. The molecule has 1 aliphatic rings. The normalized spacial score (nSPS) is 15.6. The monoisotopic (exact) mass is 508 g/mol. The van der Waals surface area contributed by atoms with E-state index in [9.17, 15) is 9.18 Å². The Morgan fingerprint density at radius 2 is 1.92 bits per heavy atom. The lowest BCUT2D eigenvalue weighted by atomic mass is 9.93. The highest BCUT2D eigenvalue weighted by Gasteiger charge is 2.19. The van der Waals surface area contributed by atoms with E-state index in [1.807, 2.05) is 49.3 Å². The number of hydrogen-bond donors (Lipinski definition) is 2. The molecule has 188 valence electrons. The minimum absolute atomic E-state index is 0.0921. The van der Waals surface area contributed by atoms with Crippen LogP contribution in [-0.2, 0) is 11.3 Å². The topological polar surface area (TPSA) is 82.5 Å². The number of aromatic nitrogens is 2. The van der Waals surface area contributed by atoms with E-state index in [1.54, 1.807) is 12.3 Å². The van der Waals surface area contributed by atoms with E-state index >= 15 is 0 Å². The van der Waals surface area contributed by atoms with Gasteiger partial charge in [-0.2, -0.15) is 0 Å². The first-order valence-electron chi connectivity index (χ1n) is 12.0. The van der Waals surface area contributed by atoms with Crippen LogP contribution in [0, 0.1) is 5.82 Å². The van der Waals surface area contributed by atoms with Crippen LogP contribution in [0.1, 0.15) is 31.2 Å². The van der Waals surface area contributed by atoms with Gasteiger partial charge in [-0.1, -0.05) is 29.8 Å². The predicted molar refractivity (Wildman–Crippen MR) is 143 cm³/mol. The molecule has 4 rings (SSSR count). The molecule has 1 saturated carbocycles. The zero-order valence-electron chi connectivity index (χ0n) is 20.5. The summed E-state index contributed by atoms with van der Waals surface area (Å²) < 4.78 is 13.4. The van der Waals surface area contributed by atoms with E-state index in [0.29, 0.717) is 29.6 Å². The number of halogens is 2. The van der Waals surface area contributed by atoms with E-state index in [2.05, 4.69) is 20.6 Å². The number of aliphatic imine (C=N–C) groups is 1. The number of nitrogens with zero attached hydrogens (tertiary/aromatic N) is 4. The molecule has 0 unspecified atom stereocenters. The van der Waals surface area contributed by atoms with Gasteiger partial charge in [0.25, 0.3) is 5.91 Å². The number of rotatable bonds is 8. The van der Waals surface area contributed by atoms with Crippen molar-refractivity contribution in [2.45, 2.75) is 38.3 Å². The number of nitrogens with one attached hydrogen (secondary N) is 2. The van der Waals surface area contributed by atoms with E-state index in [-0.39, 0.29) is 17.8 Å². The van der Waals surface area contributed by atoms with Crippen LogP contribution in [0.5, 0.6) is 0 Å². The van der Waals surface area contributed by atoms with Crippen LogP contribution < -0.4 is 10.6 Å². The van der Waals surface area contributed by atoms with Gasteiger partial charge < -0.3 is 15.5 Å². The molecule has 0 atom stereocenters.